The summed E-state index contributed by atoms with van der Waals surface area (Å²) >= 11 is 0. The average Bonchev–Trinajstić information content (AvgIpc) is 2.77. The number of rotatable bonds is 3. The van der Waals surface area contributed by atoms with Crippen molar-refractivity contribution in [2.24, 2.45) is 5.41 Å². The summed E-state index contributed by atoms with van der Waals surface area (Å²) in [6.07, 6.45) is 2.09. The van der Waals surface area contributed by atoms with Crippen LogP contribution >= 0.6 is 0 Å². The number of nitrogens with one attached hydrogen (secondary N) is 1. The molecule has 1 aliphatic heterocycles. The molecule has 1 aliphatic rings. The van der Waals surface area contributed by atoms with E-state index in [1.165, 1.54) is 5.69 Å². The van der Waals surface area contributed by atoms with Crippen LogP contribution in [0.5, 0.6) is 0 Å². The van der Waals surface area contributed by atoms with Gasteiger partial charge >= 0.3 is 0 Å². The standard InChI is InChI=1S/C15H28N4/c1-12(2)19-8-6-13(17-19)11-18-9-7-16-10-14(18)15(3,4)5/h6,8,12,14,16H,7,9-11H2,1-5H3. The molecule has 1 atom stereocenters. The Labute approximate surface area is 117 Å². The highest BCUT2D eigenvalue weighted by molar-refractivity contribution is 5.01. The summed E-state index contributed by atoms with van der Waals surface area (Å²) < 4.78 is 2.05. The molecule has 1 aromatic rings. The highest BCUT2D eigenvalue weighted by Gasteiger charge is 2.32. The quantitative estimate of drug-likeness (QED) is 0.909. The molecule has 1 N–H and O–H groups in total. The molecule has 4 heteroatoms. The van der Waals surface area contributed by atoms with Crippen LogP contribution in [-0.2, 0) is 6.54 Å². The third kappa shape index (κ3) is 3.57. The van der Waals surface area contributed by atoms with Crippen LogP contribution in [0.25, 0.3) is 0 Å². The van der Waals surface area contributed by atoms with Crippen molar-refractivity contribution in [1.29, 1.82) is 0 Å². The predicted octanol–water partition coefficient (Wildman–Crippen LogP) is 2.28. The van der Waals surface area contributed by atoms with Crippen LogP contribution in [0.1, 0.15) is 46.4 Å². The predicted molar refractivity (Wildman–Crippen MR) is 79.1 cm³/mol. The second-order valence-corrected chi connectivity index (χ2v) is 6.94. The first-order valence-electron chi connectivity index (χ1n) is 7.36. The van der Waals surface area contributed by atoms with Crippen LogP contribution in [0.4, 0.5) is 0 Å². The van der Waals surface area contributed by atoms with Gasteiger partial charge in [0.2, 0.25) is 0 Å². The van der Waals surface area contributed by atoms with Crippen LogP contribution < -0.4 is 5.32 Å². The van der Waals surface area contributed by atoms with Crippen LogP contribution in [0.3, 0.4) is 0 Å². The fourth-order valence-electron chi connectivity index (χ4n) is 2.75. The zero-order chi connectivity index (χ0) is 14.0. The molecule has 2 heterocycles. The first-order chi connectivity index (χ1) is 8.88. The molecule has 0 aliphatic carbocycles. The van der Waals surface area contributed by atoms with Crippen molar-refractivity contribution in [1.82, 2.24) is 20.0 Å². The second kappa shape index (κ2) is 5.63. The Hall–Kier alpha value is -0.870. The molecule has 1 aromatic heterocycles. The average molecular weight is 264 g/mol. The van der Waals surface area contributed by atoms with E-state index < -0.39 is 0 Å². The molecule has 1 saturated heterocycles. The number of piperazine rings is 1. The lowest BCUT2D eigenvalue weighted by atomic mass is 9.84. The topological polar surface area (TPSA) is 33.1 Å². The van der Waals surface area contributed by atoms with Gasteiger partial charge in [-0.15, -0.1) is 0 Å². The number of nitrogens with zero attached hydrogens (tertiary/aromatic N) is 3. The van der Waals surface area contributed by atoms with Crippen molar-refractivity contribution in [2.45, 2.75) is 53.2 Å². The molecule has 108 valence electrons. The van der Waals surface area contributed by atoms with Crippen LogP contribution in [0.2, 0.25) is 0 Å². The van der Waals surface area contributed by atoms with Gasteiger partial charge in [0.05, 0.1) is 5.69 Å². The van der Waals surface area contributed by atoms with E-state index in [0.717, 1.165) is 26.2 Å². The van der Waals surface area contributed by atoms with Crippen molar-refractivity contribution < 1.29 is 0 Å². The fraction of sp³-hybridized carbons (Fsp3) is 0.800. The zero-order valence-electron chi connectivity index (χ0n) is 13.0. The number of hydrogen-bond acceptors (Lipinski definition) is 3. The largest absolute Gasteiger partial charge is 0.314 e. The summed E-state index contributed by atoms with van der Waals surface area (Å²) in [5, 5.41) is 8.19. The first-order valence-corrected chi connectivity index (χ1v) is 7.36. The minimum absolute atomic E-state index is 0.300. The van der Waals surface area contributed by atoms with Gasteiger partial charge in [-0.25, -0.2) is 0 Å². The van der Waals surface area contributed by atoms with E-state index in [0.29, 0.717) is 17.5 Å². The maximum atomic E-state index is 4.67. The van der Waals surface area contributed by atoms with E-state index in [2.05, 4.69) is 62.2 Å². The van der Waals surface area contributed by atoms with Gasteiger partial charge in [0.15, 0.2) is 0 Å². The van der Waals surface area contributed by atoms with Gasteiger partial charge in [0.1, 0.15) is 0 Å². The SMILES string of the molecule is CC(C)n1ccc(CN2CCNCC2C(C)(C)C)n1. The van der Waals surface area contributed by atoms with Gasteiger partial charge < -0.3 is 5.32 Å². The Balaban J connectivity index is 2.06. The highest BCUT2D eigenvalue weighted by Crippen LogP contribution is 2.26. The molecule has 2 rings (SSSR count). The lowest BCUT2D eigenvalue weighted by molar-refractivity contribution is 0.0676. The summed E-state index contributed by atoms with van der Waals surface area (Å²) in [4.78, 5) is 2.57. The molecule has 1 unspecified atom stereocenters. The minimum Gasteiger partial charge on any atom is -0.314 e. The maximum absolute atomic E-state index is 4.67. The van der Waals surface area contributed by atoms with E-state index in [-0.39, 0.29) is 0 Å². The summed E-state index contributed by atoms with van der Waals surface area (Å²) in [7, 11) is 0. The molecule has 0 spiro atoms. The summed E-state index contributed by atoms with van der Waals surface area (Å²) in [6.45, 7) is 15.5. The van der Waals surface area contributed by atoms with E-state index in [4.69, 9.17) is 0 Å². The van der Waals surface area contributed by atoms with Crippen molar-refractivity contribution in [3.8, 4) is 0 Å². The van der Waals surface area contributed by atoms with Gasteiger partial charge in [-0.1, -0.05) is 20.8 Å². The minimum atomic E-state index is 0.300. The van der Waals surface area contributed by atoms with Gasteiger partial charge in [0.25, 0.3) is 0 Å². The Bertz CT molecular complexity index is 403. The molecular weight excluding hydrogens is 236 g/mol. The van der Waals surface area contributed by atoms with Crippen LogP contribution in [0, 0.1) is 5.41 Å². The Morgan fingerprint density at radius 1 is 1.42 bits per heavy atom. The Morgan fingerprint density at radius 2 is 2.16 bits per heavy atom. The molecule has 0 radical (unpaired) electrons. The fourth-order valence-corrected chi connectivity index (χ4v) is 2.75. The Kier molecular flexibility index (Phi) is 4.31. The van der Waals surface area contributed by atoms with Crippen molar-refractivity contribution in [2.75, 3.05) is 19.6 Å². The van der Waals surface area contributed by atoms with E-state index in [1.54, 1.807) is 0 Å². The van der Waals surface area contributed by atoms with Crippen molar-refractivity contribution in [3.63, 3.8) is 0 Å². The number of hydrogen-bond donors (Lipinski definition) is 1. The van der Waals surface area contributed by atoms with E-state index >= 15 is 0 Å². The second-order valence-electron chi connectivity index (χ2n) is 6.94. The van der Waals surface area contributed by atoms with Crippen molar-refractivity contribution >= 4 is 0 Å². The monoisotopic (exact) mass is 264 g/mol. The third-order valence-corrected chi connectivity index (χ3v) is 3.91. The van der Waals surface area contributed by atoms with Gasteiger partial charge in [-0.2, -0.15) is 5.10 Å². The van der Waals surface area contributed by atoms with E-state index in [9.17, 15) is 0 Å². The molecule has 0 bridgehead atoms. The lowest BCUT2D eigenvalue weighted by Gasteiger charge is -2.43. The molecule has 4 nitrogen and oxygen atoms in total. The van der Waals surface area contributed by atoms with Crippen molar-refractivity contribution in [3.05, 3.63) is 18.0 Å². The van der Waals surface area contributed by atoms with E-state index in [1.807, 2.05) is 4.68 Å². The molecule has 0 amide bonds. The molecule has 19 heavy (non-hydrogen) atoms. The maximum Gasteiger partial charge on any atom is 0.0765 e. The smallest absolute Gasteiger partial charge is 0.0765 e. The zero-order valence-corrected chi connectivity index (χ0v) is 13.0. The van der Waals surface area contributed by atoms with Gasteiger partial charge in [-0.3, -0.25) is 9.58 Å². The summed E-state index contributed by atoms with van der Waals surface area (Å²) in [6, 6.07) is 3.17. The van der Waals surface area contributed by atoms with Gasteiger partial charge in [0, 0.05) is 44.5 Å². The summed E-state index contributed by atoms with van der Waals surface area (Å²) in [5.74, 6) is 0. The lowest BCUT2D eigenvalue weighted by Crippen LogP contribution is -2.56. The molecule has 0 aromatic carbocycles. The van der Waals surface area contributed by atoms with Gasteiger partial charge in [-0.05, 0) is 25.3 Å². The first kappa shape index (κ1) is 14.5. The highest BCUT2D eigenvalue weighted by atomic mass is 15.3. The number of aromatic nitrogens is 2. The molecular formula is C15H28N4. The molecule has 0 saturated carbocycles. The molecule has 1 fully saturated rings. The Morgan fingerprint density at radius 3 is 2.74 bits per heavy atom. The normalized spacial score (nSPS) is 22.1. The summed E-state index contributed by atoms with van der Waals surface area (Å²) in [5.41, 5.74) is 1.48. The van der Waals surface area contributed by atoms with Crippen LogP contribution in [-0.4, -0.2) is 40.4 Å². The third-order valence-electron chi connectivity index (χ3n) is 3.91. The van der Waals surface area contributed by atoms with Crippen LogP contribution in [0.15, 0.2) is 12.3 Å².